The molecule has 6 heteroatoms. The minimum atomic E-state index is 0.724. The van der Waals surface area contributed by atoms with Gasteiger partial charge in [-0.05, 0) is 61.4 Å². The highest BCUT2D eigenvalue weighted by atomic mass is 15.3. The summed E-state index contributed by atoms with van der Waals surface area (Å²) in [5.41, 5.74) is 4.92. The van der Waals surface area contributed by atoms with Crippen molar-refractivity contribution in [2.75, 3.05) is 18.0 Å². The zero-order chi connectivity index (χ0) is 22.7. The highest BCUT2D eigenvalue weighted by Gasteiger charge is 2.27. The minimum Gasteiger partial charge on any atom is -0.357 e. The van der Waals surface area contributed by atoms with Crippen molar-refractivity contribution in [1.82, 2.24) is 9.55 Å². The Morgan fingerprint density at radius 2 is 1.41 bits per heavy atom. The number of aromatic nitrogens is 3. The van der Waals surface area contributed by atoms with E-state index in [0.717, 1.165) is 53.0 Å². The Morgan fingerprint density at radius 1 is 0.706 bits per heavy atom. The molecule has 5 aromatic rings. The smallest absolute Gasteiger partial charge is 0.357 e. The van der Waals surface area contributed by atoms with Crippen molar-refractivity contribution in [3.8, 4) is 11.4 Å². The topological polar surface area (TPSA) is 49.7 Å². The second kappa shape index (κ2) is 8.90. The third kappa shape index (κ3) is 3.73. The summed E-state index contributed by atoms with van der Waals surface area (Å²) in [4.78, 5) is 6.95. The molecular formula is C28H25N6+. The Hall–Kier alpha value is -4.32. The number of imidazole rings is 1. The molecule has 1 fully saturated rings. The lowest BCUT2D eigenvalue weighted by atomic mass is 10.2. The van der Waals surface area contributed by atoms with Crippen molar-refractivity contribution >= 4 is 28.5 Å². The molecule has 0 atom stereocenters. The molecule has 3 heterocycles. The van der Waals surface area contributed by atoms with Gasteiger partial charge in [-0.2, -0.15) is 9.13 Å². The molecule has 2 aromatic heterocycles. The first-order chi connectivity index (χ1) is 16.9. The lowest BCUT2D eigenvalue weighted by Crippen LogP contribution is -2.29. The highest BCUT2D eigenvalue weighted by Crippen LogP contribution is 2.28. The zero-order valence-corrected chi connectivity index (χ0v) is 18.8. The Labute approximate surface area is 198 Å². The van der Waals surface area contributed by atoms with Gasteiger partial charge in [0.05, 0.1) is 6.20 Å². The van der Waals surface area contributed by atoms with Crippen LogP contribution in [0, 0.1) is 0 Å². The summed E-state index contributed by atoms with van der Waals surface area (Å²) in [5, 5.41) is 9.40. The number of rotatable bonds is 5. The summed E-state index contributed by atoms with van der Waals surface area (Å²) in [7, 11) is 0. The van der Waals surface area contributed by atoms with Gasteiger partial charge in [-0.1, -0.05) is 53.6 Å². The first kappa shape index (κ1) is 20.3. The van der Waals surface area contributed by atoms with Crippen LogP contribution in [0.15, 0.2) is 113 Å². The molecule has 6 nitrogen and oxygen atoms in total. The Morgan fingerprint density at radius 3 is 2.15 bits per heavy atom. The van der Waals surface area contributed by atoms with Gasteiger partial charge in [-0.15, -0.1) is 0 Å². The summed E-state index contributed by atoms with van der Waals surface area (Å²) in [6, 6.07) is 32.9. The quantitative estimate of drug-likeness (QED) is 0.235. The van der Waals surface area contributed by atoms with Crippen molar-refractivity contribution in [2.45, 2.75) is 12.8 Å². The van der Waals surface area contributed by atoms with Crippen LogP contribution >= 0.6 is 0 Å². The SMILES string of the molecule is c1ccc(-n2c(N=Nc3ccc(N4CCCC4)nc3)[n+](-c3ccccc3)c3ccccc32)cc1. The lowest BCUT2D eigenvalue weighted by Gasteiger charge is -2.15. The van der Waals surface area contributed by atoms with Crippen LogP contribution in [0.2, 0.25) is 0 Å². The fraction of sp³-hybridized carbons (Fsp3) is 0.143. The van der Waals surface area contributed by atoms with Crippen LogP contribution in [0.3, 0.4) is 0 Å². The number of para-hydroxylation sites is 4. The van der Waals surface area contributed by atoms with Gasteiger partial charge < -0.3 is 4.90 Å². The molecule has 0 aliphatic carbocycles. The molecule has 6 rings (SSSR count). The maximum Gasteiger partial charge on any atom is 0.432 e. The van der Waals surface area contributed by atoms with E-state index < -0.39 is 0 Å². The number of hydrogen-bond acceptors (Lipinski definition) is 4. The molecule has 1 aliphatic heterocycles. The molecular weight excluding hydrogens is 420 g/mol. The predicted molar refractivity (Wildman–Crippen MR) is 135 cm³/mol. The van der Waals surface area contributed by atoms with E-state index in [9.17, 15) is 0 Å². The van der Waals surface area contributed by atoms with E-state index in [1.165, 1.54) is 12.8 Å². The van der Waals surface area contributed by atoms with Crippen molar-refractivity contribution in [1.29, 1.82) is 0 Å². The fourth-order valence-electron chi connectivity index (χ4n) is 4.58. The predicted octanol–water partition coefficient (Wildman–Crippen LogP) is 6.32. The fourth-order valence-corrected chi connectivity index (χ4v) is 4.58. The standard InChI is InChI=1S/C28H25N6/c1-3-11-23(12-4-1)33-25-15-7-8-16-26(25)34(24-13-5-2-6-14-24)28(33)31-30-22-17-18-27(29-21-22)32-19-9-10-20-32/h1-8,11-18,21H,9-10,19-20H2/q+1. The van der Waals surface area contributed by atoms with Gasteiger partial charge in [0.2, 0.25) is 0 Å². The molecule has 0 N–H and O–H groups in total. The van der Waals surface area contributed by atoms with Crippen LogP contribution in [0.1, 0.15) is 12.8 Å². The van der Waals surface area contributed by atoms with Crippen molar-refractivity contribution in [3.05, 3.63) is 103 Å². The largest absolute Gasteiger partial charge is 0.432 e. The minimum absolute atomic E-state index is 0.724. The molecule has 0 bridgehead atoms. The number of azo groups is 1. The van der Waals surface area contributed by atoms with Crippen molar-refractivity contribution < 1.29 is 4.57 Å². The first-order valence-electron chi connectivity index (χ1n) is 11.7. The maximum absolute atomic E-state index is 4.79. The van der Waals surface area contributed by atoms with E-state index >= 15 is 0 Å². The molecule has 0 spiro atoms. The Bertz CT molecular complexity index is 1360. The van der Waals surface area contributed by atoms with E-state index in [1.807, 2.05) is 48.5 Å². The van der Waals surface area contributed by atoms with Crippen LogP contribution in [0.25, 0.3) is 22.4 Å². The molecule has 166 valence electrons. The zero-order valence-electron chi connectivity index (χ0n) is 18.8. The van der Waals surface area contributed by atoms with Gasteiger partial charge in [0.15, 0.2) is 0 Å². The van der Waals surface area contributed by atoms with E-state index in [0.29, 0.717) is 0 Å². The van der Waals surface area contributed by atoms with Crippen LogP contribution in [-0.4, -0.2) is 22.6 Å². The van der Waals surface area contributed by atoms with Gasteiger partial charge in [0.1, 0.15) is 33.9 Å². The van der Waals surface area contributed by atoms with Crippen LogP contribution < -0.4 is 9.47 Å². The maximum atomic E-state index is 4.79. The van der Waals surface area contributed by atoms with E-state index in [2.05, 4.69) is 72.7 Å². The Kier molecular flexibility index (Phi) is 5.32. The molecule has 34 heavy (non-hydrogen) atoms. The number of pyridine rings is 1. The number of benzene rings is 3. The normalized spacial score (nSPS) is 13.8. The van der Waals surface area contributed by atoms with Crippen molar-refractivity contribution in [2.24, 2.45) is 10.2 Å². The summed E-state index contributed by atoms with van der Waals surface area (Å²) >= 11 is 0. The summed E-state index contributed by atoms with van der Waals surface area (Å²) in [6.45, 7) is 2.14. The molecule has 0 saturated carbocycles. The average molecular weight is 446 g/mol. The molecule has 3 aromatic carbocycles. The van der Waals surface area contributed by atoms with Crippen LogP contribution in [-0.2, 0) is 0 Å². The molecule has 1 saturated heterocycles. The lowest BCUT2D eigenvalue weighted by molar-refractivity contribution is -0.553. The second-order valence-corrected chi connectivity index (χ2v) is 8.40. The summed E-state index contributed by atoms with van der Waals surface area (Å²) in [5.74, 6) is 1.73. The molecule has 0 radical (unpaired) electrons. The first-order valence-corrected chi connectivity index (χ1v) is 11.7. The van der Waals surface area contributed by atoms with Crippen LogP contribution in [0.5, 0.6) is 0 Å². The van der Waals surface area contributed by atoms with Gasteiger partial charge in [-0.25, -0.2) is 4.98 Å². The van der Waals surface area contributed by atoms with E-state index in [4.69, 9.17) is 5.11 Å². The summed E-state index contributed by atoms with van der Waals surface area (Å²) in [6.07, 6.45) is 4.26. The van der Waals surface area contributed by atoms with E-state index in [1.54, 1.807) is 6.20 Å². The second-order valence-electron chi connectivity index (χ2n) is 8.40. The summed E-state index contributed by atoms with van der Waals surface area (Å²) < 4.78 is 4.30. The van der Waals surface area contributed by atoms with Gasteiger partial charge in [0.25, 0.3) is 0 Å². The third-order valence-electron chi connectivity index (χ3n) is 6.21. The number of fused-ring (bicyclic) bond motifs is 1. The van der Waals surface area contributed by atoms with Crippen LogP contribution in [0.4, 0.5) is 17.5 Å². The Balaban J connectivity index is 1.50. The van der Waals surface area contributed by atoms with Crippen molar-refractivity contribution in [3.63, 3.8) is 0 Å². The molecule has 1 aliphatic rings. The number of nitrogens with zero attached hydrogens (tertiary/aromatic N) is 6. The molecule has 0 amide bonds. The van der Waals surface area contributed by atoms with E-state index in [-0.39, 0.29) is 0 Å². The monoisotopic (exact) mass is 445 g/mol. The number of anilines is 1. The molecule has 0 unspecified atom stereocenters. The highest BCUT2D eigenvalue weighted by molar-refractivity contribution is 5.77. The average Bonchev–Trinajstić information content (AvgIpc) is 3.55. The number of hydrogen-bond donors (Lipinski definition) is 0. The van der Waals surface area contributed by atoms with Gasteiger partial charge in [-0.3, -0.25) is 0 Å². The third-order valence-corrected chi connectivity index (χ3v) is 6.21. The van der Waals surface area contributed by atoms with Gasteiger partial charge in [0, 0.05) is 18.2 Å². The van der Waals surface area contributed by atoms with Gasteiger partial charge >= 0.3 is 5.95 Å².